The number of halogens is 3. The Morgan fingerprint density at radius 2 is 2.00 bits per heavy atom. The highest BCUT2D eigenvalue weighted by Gasteiger charge is 2.37. The Kier molecular flexibility index (Phi) is 6.66. The SMILES string of the molecule is CS(=O)(=O)c1ccc(/C(=C\CC2CCCC2)C(=O)Nc2nccs2)cc1C(F)(F)F. The van der Waals surface area contributed by atoms with Crippen molar-refractivity contribution in [3.63, 3.8) is 0 Å². The Morgan fingerprint density at radius 1 is 1.30 bits per heavy atom. The van der Waals surface area contributed by atoms with Crippen LogP contribution in [0.15, 0.2) is 40.7 Å². The number of hydrogen-bond acceptors (Lipinski definition) is 5. The number of rotatable bonds is 6. The minimum atomic E-state index is -4.88. The van der Waals surface area contributed by atoms with E-state index in [4.69, 9.17) is 0 Å². The van der Waals surface area contributed by atoms with Crippen LogP contribution in [0.5, 0.6) is 0 Å². The Labute approximate surface area is 177 Å². The molecule has 0 bridgehead atoms. The molecule has 30 heavy (non-hydrogen) atoms. The lowest BCUT2D eigenvalue weighted by Crippen LogP contribution is -2.16. The van der Waals surface area contributed by atoms with E-state index in [-0.39, 0.29) is 11.1 Å². The van der Waals surface area contributed by atoms with E-state index in [0.29, 0.717) is 17.5 Å². The van der Waals surface area contributed by atoms with Gasteiger partial charge in [0.15, 0.2) is 15.0 Å². The average Bonchev–Trinajstić information content (AvgIpc) is 3.34. The Bertz CT molecular complexity index is 1040. The van der Waals surface area contributed by atoms with Crippen molar-refractivity contribution in [3.8, 4) is 0 Å². The molecule has 1 aromatic carbocycles. The molecule has 1 heterocycles. The van der Waals surface area contributed by atoms with Crippen molar-refractivity contribution >= 4 is 37.8 Å². The van der Waals surface area contributed by atoms with Gasteiger partial charge < -0.3 is 0 Å². The second-order valence-electron chi connectivity index (χ2n) is 7.28. The van der Waals surface area contributed by atoms with E-state index >= 15 is 0 Å². The molecule has 0 unspecified atom stereocenters. The number of nitrogens with zero attached hydrogens (tertiary/aromatic N) is 1. The van der Waals surface area contributed by atoms with Crippen molar-refractivity contribution in [1.29, 1.82) is 0 Å². The van der Waals surface area contributed by atoms with Crippen LogP contribution in [0.1, 0.15) is 43.2 Å². The van der Waals surface area contributed by atoms with E-state index in [1.165, 1.54) is 23.6 Å². The summed E-state index contributed by atoms with van der Waals surface area (Å²) >= 11 is 1.19. The van der Waals surface area contributed by atoms with Gasteiger partial charge >= 0.3 is 6.18 Å². The van der Waals surface area contributed by atoms with E-state index in [1.807, 2.05) is 0 Å². The number of amides is 1. The lowest BCUT2D eigenvalue weighted by atomic mass is 9.97. The number of anilines is 1. The molecule has 0 saturated heterocycles. The third-order valence-electron chi connectivity index (χ3n) is 5.02. The highest BCUT2D eigenvalue weighted by Crippen LogP contribution is 2.37. The minimum absolute atomic E-state index is 0.0155. The molecule has 0 atom stereocenters. The van der Waals surface area contributed by atoms with E-state index in [1.54, 1.807) is 11.5 Å². The molecular formula is C20H21F3N2O3S2. The van der Waals surface area contributed by atoms with Crippen LogP contribution in [0.2, 0.25) is 0 Å². The summed E-state index contributed by atoms with van der Waals surface area (Å²) in [7, 11) is -4.09. The highest BCUT2D eigenvalue weighted by molar-refractivity contribution is 7.90. The van der Waals surface area contributed by atoms with Crippen LogP contribution in [-0.4, -0.2) is 25.6 Å². The van der Waals surface area contributed by atoms with Crippen molar-refractivity contribution in [2.75, 3.05) is 11.6 Å². The zero-order valence-corrected chi connectivity index (χ0v) is 17.8. The van der Waals surface area contributed by atoms with Crippen LogP contribution in [0.3, 0.4) is 0 Å². The maximum absolute atomic E-state index is 13.6. The summed E-state index contributed by atoms with van der Waals surface area (Å²) in [5, 5.41) is 4.60. The Hall–Kier alpha value is -2.20. The first kappa shape index (κ1) is 22.5. The monoisotopic (exact) mass is 458 g/mol. The van der Waals surface area contributed by atoms with Gasteiger partial charge in [-0.3, -0.25) is 10.1 Å². The van der Waals surface area contributed by atoms with E-state index in [2.05, 4.69) is 10.3 Å². The molecule has 1 amide bonds. The maximum atomic E-state index is 13.6. The molecule has 0 radical (unpaired) electrons. The molecule has 0 aliphatic heterocycles. The molecule has 1 aliphatic rings. The molecule has 10 heteroatoms. The summed E-state index contributed by atoms with van der Waals surface area (Å²) in [6.45, 7) is 0. The van der Waals surface area contributed by atoms with Gasteiger partial charge in [0.1, 0.15) is 0 Å². The van der Waals surface area contributed by atoms with Gasteiger partial charge in [0, 0.05) is 23.4 Å². The molecule has 2 aromatic rings. The third kappa shape index (κ3) is 5.48. The number of benzene rings is 1. The Balaban J connectivity index is 2.03. The first-order valence-corrected chi connectivity index (χ1v) is 12.2. The van der Waals surface area contributed by atoms with Crippen molar-refractivity contribution < 1.29 is 26.4 Å². The zero-order valence-electron chi connectivity index (χ0n) is 16.2. The fraction of sp³-hybridized carbons (Fsp3) is 0.400. The van der Waals surface area contributed by atoms with Crippen LogP contribution in [0.25, 0.3) is 5.57 Å². The fourth-order valence-corrected chi connectivity index (χ4v) is 4.98. The third-order valence-corrected chi connectivity index (χ3v) is 6.87. The van der Waals surface area contributed by atoms with Gasteiger partial charge in [-0.25, -0.2) is 13.4 Å². The quantitative estimate of drug-likeness (QED) is 0.606. The van der Waals surface area contributed by atoms with Crippen molar-refractivity contribution in [2.24, 2.45) is 5.92 Å². The smallest absolute Gasteiger partial charge is 0.298 e. The van der Waals surface area contributed by atoms with Gasteiger partial charge in [0.05, 0.1) is 10.5 Å². The minimum Gasteiger partial charge on any atom is -0.298 e. The normalized spacial score (nSPS) is 16.1. The van der Waals surface area contributed by atoms with Crippen LogP contribution < -0.4 is 5.32 Å². The number of alkyl halides is 3. The van der Waals surface area contributed by atoms with Crippen LogP contribution in [0, 0.1) is 5.92 Å². The number of sulfone groups is 1. The maximum Gasteiger partial charge on any atom is 0.417 e. The van der Waals surface area contributed by atoms with Gasteiger partial charge in [-0.2, -0.15) is 13.2 Å². The molecule has 162 valence electrons. The summed E-state index contributed by atoms with van der Waals surface area (Å²) in [5.74, 6) is -0.201. The molecule has 0 spiro atoms. The summed E-state index contributed by atoms with van der Waals surface area (Å²) in [5.41, 5.74) is -1.19. The van der Waals surface area contributed by atoms with Gasteiger partial charge in [-0.1, -0.05) is 37.8 Å². The summed E-state index contributed by atoms with van der Waals surface area (Å²) < 4.78 is 64.4. The Morgan fingerprint density at radius 3 is 2.57 bits per heavy atom. The lowest BCUT2D eigenvalue weighted by molar-refractivity contribution is -0.139. The van der Waals surface area contributed by atoms with E-state index < -0.39 is 32.4 Å². The van der Waals surface area contributed by atoms with Gasteiger partial charge in [-0.15, -0.1) is 11.3 Å². The summed E-state index contributed by atoms with van der Waals surface area (Å²) in [6.07, 6.45) is 3.79. The summed E-state index contributed by atoms with van der Waals surface area (Å²) in [4.78, 5) is 16.0. The predicted octanol–water partition coefficient (Wildman–Crippen LogP) is 5.17. The second kappa shape index (κ2) is 8.89. The molecule has 1 aromatic heterocycles. The van der Waals surface area contributed by atoms with Crippen molar-refractivity contribution in [1.82, 2.24) is 4.98 Å². The molecular weight excluding hydrogens is 437 g/mol. The van der Waals surface area contributed by atoms with Crippen LogP contribution in [-0.2, 0) is 20.8 Å². The predicted molar refractivity (Wildman–Crippen MR) is 110 cm³/mol. The lowest BCUT2D eigenvalue weighted by Gasteiger charge is -2.15. The van der Waals surface area contributed by atoms with Crippen molar-refractivity contribution in [3.05, 3.63) is 47.0 Å². The number of thiazole rings is 1. The number of allylic oxidation sites excluding steroid dienone is 1. The first-order valence-electron chi connectivity index (χ1n) is 9.38. The molecule has 1 fully saturated rings. The average molecular weight is 459 g/mol. The number of aromatic nitrogens is 1. The molecule has 1 saturated carbocycles. The van der Waals surface area contributed by atoms with E-state index in [9.17, 15) is 26.4 Å². The van der Waals surface area contributed by atoms with Crippen LogP contribution in [0.4, 0.5) is 18.3 Å². The number of hydrogen-bond donors (Lipinski definition) is 1. The summed E-state index contributed by atoms with van der Waals surface area (Å²) in [6, 6.07) is 2.89. The number of carbonyl (C=O) groups excluding carboxylic acids is 1. The first-order chi connectivity index (χ1) is 14.1. The van der Waals surface area contributed by atoms with Gasteiger partial charge in [0.2, 0.25) is 0 Å². The number of nitrogens with one attached hydrogen (secondary N) is 1. The molecule has 5 nitrogen and oxygen atoms in total. The van der Waals surface area contributed by atoms with Crippen molar-refractivity contribution in [2.45, 2.75) is 43.2 Å². The fourth-order valence-electron chi connectivity index (χ4n) is 3.56. The molecule has 3 rings (SSSR count). The van der Waals surface area contributed by atoms with Gasteiger partial charge in [-0.05, 0) is 30.0 Å². The topological polar surface area (TPSA) is 76.1 Å². The largest absolute Gasteiger partial charge is 0.417 e. The highest BCUT2D eigenvalue weighted by atomic mass is 32.2. The van der Waals surface area contributed by atoms with E-state index in [0.717, 1.165) is 44.1 Å². The molecule has 1 aliphatic carbocycles. The standard InChI is InChI=1S/C20H21F3N2O3S2/c1-30(27,28)17-9-7-14(12-16(17)20(21,22)23)15(8-6-13-4-2-3-5-13)18(26)25-19-24-10-11-29-19/h7-13H,2-6H2,1H3,(H,24,25,26)/b15-8+. The van der Waals surface area contributed by atoms with Crippen LogP contribution >= 0.6 is 11.3 Å². The molecule has 1 N–H and O–H groups in total. The number of carbonyl (C=O) groups is 1. The van der Waals surface area contributed by atoms with Gasteiger partial charge in [0.25, 0.3) is 5.91 Å². The zero-order chi connectivity index (χ0) is 21.9. The second-order valence-corrected chi connectivity index (χ2v) is 10.2.